The van der Waals surface area contributed by atoms with Crippen LogP contribution in [0, 0.1) is 11.8 Å². The molecule has 0 spiro atoms. The quantitative estimate of drug-likeness (QED) is 0.840. The lowest BCUT2D eigenvalue weighted by atomic mass is 9.76. The Labute approximate surface area is 127 Å². The minimum absolute atomic E-state index is 0.411. The Balaban J connectivity index is 2.23. The molecule has 3 heteroatoms. The zero-order valence-electron chi connectivity index (χ0n) is 12.8. The van der Waals surface area contributed by atoms with Crippen LogP contribution in [0.15, 0.2) is 18.2 Å². The van der Waals surface area contributed by atoms with Crippen molar-refractivity contribution in [3.05, 3.63) is 28.8 Å². The van der Waals surface area contributed by atoms with Gasteiger partial charge in [0.15, 0.2) is 0 Å². The predicted octanol–water partition coefficient (Wildman–Crippen LogP) is 4.83. The first-order valence-electron chi connectivity index (χ1n) is 7.72. The van der Waals surface area contributed by atoms with E-state index in [0.29, 0.717) is 17.0 Å². The van der Waals surface area contributed by atoms with Gasteiger partial charge in [-0.25, -0.2) is 0 Å². The van der Waals surface area contributed by atoms with Crippen LogP contribution in [0.2, 0.25) is 5.02 Å². The summed E-state index contributed by atoms with van der Waals surface area (Å²) in [5.41, 5.74) is 1.30. The van der Waals surface area contributed by atoms with Crippen molar-refractivity contribution >= 4 is 11.6 Å². The van der Waals surface area contributed by atoms with Crippen LogP contribution in [0.4, 0.5) is 0 Å². The first-order chi connectivity index (χ1) is 9.65. The molecule has 0 saturated heterocycles. The molecule has 3 unspecified atom stereocenters. The number of nitrogens with one attached hydrogen (secondary N) is 1. The minimum Gasteiger partial charge on any atom is -0.495 e. The molecule has 1 N–H and O–H groups in total. The van der Waals surface area contributed by atoms with E-state index in [-0.39, 0.29) is 0 Å². The van der Waals surface area contributed by atoms with Gasteiger partial charge in [0.05, 0.1) is 12.1 Å². The van der Waals surface area contributed by atoms with E-state index in [1.807, 2.05) is 6.07 Å². The summed E-state index contributed by atoms with van der Waals surface area (Å²) < 4.78 is 5.36. The maximum absolute atomic E-state index is 6.14. The van der Waals surface area contributed by atoms with Crippen molar-refractivity contribution in [2.24, 2.45) is 11.8 Å². The van der Waals surface area contributed by atoms with E-state index in [4.69, 9.17) is 16.3 Å². The topological polar surface area (TPSA) is 21.3 Å². The van der Waals surface area contributed by atoms with E-state index >= 15 is 0 Å². The van der Waals surface area contributed by atoms with E-state index in [1.165, 1.54) is 31.2 Å². The van der Waals surface area contributed by atoms with Gasteiger partial charge < -0.3 is 10.1 Å². The number of methoxy groups -OCH3 is 1. The second-order valence-electron chi connectivity index (χ2n) is 5.96. The van der Waals surface area contributed by atoms with Gasteiger partial charge in [0, 0.05) is 6.04 Å². The second-order valence-corrected chi connectivity index (χ2v) is 6.37. The molecule has 2 rings (SSSR count). The Morgan fingerprint density at radius 3 is 2.85 bits per heavy atom. The van der Waals surface area contributed by atoms with E-state index in [1.54, 1.807) is 7.11 Å². The third-order valence-electron chi connectivity index (χ3n) is 4.41. The van der Waals surface area contributed by atoms with Crippen LogP contribution in [0.1, 0.15) is 51.1 Å². The van der Waals surface area contributed by atoms with Crippen LogP contribution in [0.3, 0.4) is 0 Å². The lowest BCUT2D eigenvalue weighted by molar-refractivity contribution is 0.225. The van der Waals surface area contributed by atoms with Gasteiger partial charge in [0.25, 0.3) is 0 Å². The molecule has 1 saturated carbocycles. The van der Waals surface area contributed by atoms with Gasteiger partial charge in [-0.15, -0.1) is 0 Å². The summed E-state index contributed by atoms with van der Waals surface area (Å²) in [6, 6.07) is 6.59. The highest BCUT2D eigenvalue weighted by atomic mass is 35.5. The van der Waals surface area contributed by atoms with Crippen LogP contribution in [-0.2, 0) is 0 Å². The summed E-state index contributed by atoms with van der Waals surface area (Å²) >= 11 is 6.14. The number of hydrogen-bond donors (Lipinski definition) is 1. The Hall–Kier alpha value is -0.730. The normalized spacial score (nSPS) is 24.4. The molecule has 1 aromatic carbocycles. The van der Waals surface area contributed by atoms with Gasteiger partial charge in [-0.05, 0) is 48.9 Å². The van der Waals surface area contributed by atoms with Gasteiger partial charge in [-0.1, -0.05) is 44.4 Å². The molecule has 1 fully saturated rings. The first-order valence-corrected chi connectivity index (χ1v) is 8.10. The maximum Gasteiger partial charge on any atom is 0.137 e. The predicted molar refractivity (Wildman–Crippen MR) is 85.5 cm³/mol. The lowest BCUT2D eigenvalue weighted by Gasteiger charge is -2.34. The molecular weight excluding hydrogens is 270 g/mol. The maximum atomic E-state index is 6.14. The molecule has 0 heterocycles. The largest absolute Gasteiger partial charge is 0.495 e. The van der Waals surface area contributed by atoms with E-state index in [2.05, 4.69) is 31.3 Å². The standard InChI is InChI=1S/C17H26ClNO/c1-4-19-17(13-7-5-6-12(2)10-13)14-8-9-15(18)16(11-14)20-3/h8-9,11-13,17,19H,4-7,10H2,1-3H3. The SMILES string of the molecule is CCNC(c1ccc(Cl)c(OC)c1)C1CCCC(C)C1. The van der Waals surface area contributed by atoms with Crippen molar-refractivity contribution in [2.75, 3.05) is 13.7 Å². The summed E-state index contributed by atoms with van der Waals surface area (Å²) in [4.78, 5) is 0. The van der Waals surface area contributed by atoms with Crippen molar-refractivity contribution in [3.63, 3.8) is 0 Å². The molecule has 1 aliphatic carbocycles. The fraction of sp³-hybridized carbons (Fsp3) is 0.647. The van der Waals surface area contributed by atoms with Gasteiger partial charge in [0.1, 0.15) is 5.75 Å². The Morgan fingerprint density at radius 2 is 2.20 bits per heavy atom. The zero-order valence-corrected chi connectivity index (χ0v) is 13.5. The van der Waals surface area contributed by atoms with Crippen LogP contribution in [-0.4, -0.2) is 13.7 Å². The average Bonchev–Trinajstić information content (AvgIpc) is 2.45. The van der Waals surface area contributed by atoms with Crippen LogP contribution < -0.4 is 10.1 Å². The molecule has 0 aromatic heterocycles. The Morgan fingerprint density at radius 1 is 1.40 bits per heavy atom. The fourth-order valence-electron chi connectivity index (χ4n) is 3.43. The summed E-state index contributed by atoms with van der Waals surface area (Å²) in [5.74, 6) is 2.32. The number of ether oxygens (including phenoxy) is 1. The fourth-order valence-corrected chi connectivity index (χ4v) is 3.62. The molecule has 3 atom stereocenters. The molecule has 20 heavy (non-hydrogen) atoms. The highest BCUT2D eigenvalue weighted by Crippen LogP contribution is 2.38. The number of rotatable bonds is 5. The zero-order chi connectivity index (χ0) is 14.5. The third-order valence-corrected chi connectivity index (χ3v) is 4.72. The lowest BCUT2D eigenvalue weighted by Crippen LogP contribution is -2.31. The Bertz CT molecular complexity index is 435. The first kappa shape index (κ1) is 15.7. The molecule has 2 nitrogen and oxygen atoms in total. The summed E-state index contributed by atoms with van der Waals surface area (Å²) in [5, 5.41) is 4.35. The molecule has 0 bridgehead atoms. The van der Waals surface area contributed by atoms with Gasteiger partial charge in [0.2, 0.25) is 0 Å². The molecule has 112 valence electrons. The molecule has 0 radical (unpaired) electrons. The highest BCUT2D eigenvalue weighted by molar-refractivity contribution is 6.32. The molecular formula is C17H26ClNO. The summed E-state index contributed by atoms with van der Waals surface area (Å²) in [6.45, 7) is 5.53. The van der Waals surface area contributed by atoms with Gasteiger partial charge in [-0.3, -0.25) is 0 Å². The van der Waals surface area contributed by atoms with Crippen molar-refractivity contribution < 1.29 is 4.74 Å². The van der Waals surface area contributed by atoms with Crippen molar-refractivity contribution in [1.29, 1.82) is 0 Å². The molecule has 0 aliphatic heterocycles. The summed E-state index contributed by atoms with van der Waals surface area (Å²) in [7, 11) is 1.68. The van der Waals surface area contributed by atoms with Gasteiger partial charge in [-0.2, -0.15) is 0 Å². The van der Waals surface area contributed by atoms with Crippen molar-refractivity contribution in [2.45, 2.75) is 45.6 Å². The van der Waals surface area contributed by atoms with Crippen LogP contribution >= 0.6 is 11.6 Å². The van der Waals surface area contributed by atoms with E-state index in [0.717, 1.165) is 18.2 Å². The Kier molecular flexibility index (Phi) is 5.74. The average molecular weight is 296 g/mol. The molecule has 1 aromatic rings. The number of hydrogen-bond acceptors (Lipinski definition) is 2. The van der Waals surface area contributed by atoms with Crippen molar-refractivity contribution in [3.8, 4) is 5.75 Å². The second kappa shape index (κ2) is 7.33. The summed E-state index contributed by atoms with van der Waals surface area (Å²) in [6.07, 6.45) is 5.34. The number of benzene rings is 1. The minimum atomic E-state index is 0.411. The van der Waals surface area contributed by atoms with Crippen molar-refractivity contribution in [1.82, 2.24) is 5.32 Å². The van der Waals surface area contributed by atoms with Crippen LogP contribution in [0.5, 0.6) is 5.75 Å². The van der Waals surface area contributed by atoms with E-state index in [9.17, 15) is 0 Å². The van der Waals surface area contributed by atoms with Gasteiger partial charge >= 0.3 is 0 Å². The van der Waals surface area contributed by atoms with Crippen LogP contribution in [0.25, 0.3) is 0 Å². The monoisotopic (exact) mass is 295 g/mol. The van der Waals surface area contributed by atoms with E-state index < -0.39 is 0 Å². The highest BCUT2D eigenvalue weighted by Gasteiger charge is 2.27. The number of halogens is 1. The molecule has 1 aliphatic rings. The smallest absolute Gasteiger partial charge is 0.137 e. The third kappa shape index (κ3) is 3.67. The molecule has 0 amide bonds.